The number of nitrogens with one attached hydrogen (secondary N) is 1. The van der Waals surface area contributed by atoms with Gasteiger partial charge in [0.15, 0.2) is 0 Å². The molecule has 0 fully saturated rings. The lowest BCUT2D eigenvalue weighted by Crippen LogP contribution is -2.46. The van der Waals surface area contributed by atoms with Crippen molar-refractivity contribution in [1.29, 1.82) is 0 Å². The molecule has 19 heavy (non-hydrogen) atoms. The molecule has 3 N–H and O–H groups in total. The Morgan fingerprint density at radius 3 is 2.42 bits per heavy atom. The van der Waals surface area contributed by atoms with E-state index < -0.39 is 5.41 Å². The summed E-state index contributed by atoms with van der Waals surface area (Å²) in [5, 5.41) is 6.89. The van der Waals surface area contributed by atoms with Crippen molar-refractivity contribution < 1.29 is 4.79 Å². The second kappa shape index (κ2) is 6.65. The van der Waals surface area contributed by atoms with Crippen molar-refractivity contribution in [2.45, 2.75) is 39.5 Å². The number of carbonyl (C=O) groups is 1. The number of rotatable bonds is 7. The summed E-state index contributed by atoms with van der Waals surface area (Å²) < 4.78 is 1.64. The smallest absolute Gasteiger partial charge is 0.237 e. The summed E-state index contributed by atoms with van der Waals surface area (Å²) in [6.45, 7) is 4.06. The molecule has 0 bridgehead atoms. The number of hydrogen-bond donors (Lipinski definition) is 2. The summed E-state index contributed by atoms with van der Waals surface area (Å²) in [5.41, 5.74) is 5.77. The number of nitrogens with two attached hydrogens (primary N) is 1. The van der Waals surface area contributed by atoms with Crippen molar-refractivity contribution in [3.8, 4) is 0 Å². The highest BCUT2D eigenvalue weighted by atomic mass is 32.1. The predicted molar refractivity (Wildman–Crippen MR) is 80.9 cm³/mol. The Hall–Kier alpha value is -1.43. The van der Waals surface area contributed by atoms with Crippen LogP contribution in [0.15, 0.2) is 12.4 Å². The van der Waals surface area contributed by atoms with Gasteiger partial charge in [0, 0.05) is 13.2 Å². The second-order valence-electron chi connectivity index (χ2n) is 4.80. The molecule has 0 spiro atoms. The van der Waals surface area contributed by atoms with Gasteiger partial charge in [0.25, 0.3) is 0 Å². The maximum Gasteiger partial charge on any atom is 0.237 e. The number of thiocarbonyl (C=S) groups is 1. The van der Waals surface area contributed by atoms with Gasteiger partial charge in [0.05, 0.1) is 22.3 Å². The van der Waals surface area contributed by atoms with Crippen LogP contribution in [0.2, 0.25) is 0 Å². The van der Waals surface area contributed by atoms with Crippen LogP contribution in [0.1, 0.15) is 39.5 Å². The minimum Gasteiger partial charge on any atom is -0.392 e. The van der Waals surface area contributed by atoms with Gasteiger partial charge in [0.2, 0.25) is 5.91 Å². The highest BCUT2D eigenvalue weighted by Crippen LogP contribution is 2.32. The number of hydrogen-bond acceptors (Lipinski definition) is 3. The Bertz CT molecular complexity index is 449. The monoisotopic (exact) mass is 282 g/mol. The Morgan fingerprint density at radius 2 is 2.05 bits per heavy atom. The number of aromatic nitrogens is 2. The van der Waals surface area contributed by atoms with E-state index in [0.29, 0.717) is 18.5 Å². The van der Waals surface area contributed by atoms with E-state index in [0.717, 1.165) is 12.8 Å². The van der Waals surface area contributed by atoms with E-state index in [1.807, 2.05) is 13.8 Å². The second-order valence-corrected chi connectivity index (χ2v) is 5.24. The van der Waals surface area contributed by atoms with Gasteiger partial charge in [-0.3, -0.25) is 9.48 Å². The molecule has 0 aliphatic carbocycles. The van der Waals surface area contributed by atoms with Gasteiger partial charge < -0.3 is 11.1 Å². The van der Waals surface area contributed by atoms with Crippen molar-refractivity contribution in [1.82, 2.24) is 9.78 Å². The maximum atomic E-state index is 12.5. The molecular formula is C13H22N4OS. The molecule has 6 heteroatoms. The normalized spacial score (nSPS) is 11.3. The molecule has 0 saturated carbocycles. The van der Waals surface area contributed by atoms with Crippen LogP contribution in [0, 0.1) is 5.41 Å². The van der Waals surface area contributed by atoms with Crippen molar-refractivity contribution in [2.75, 3.05) is 5.32 Å². The van der Waals surface area contributed by atoms with Crippen LogP contribution in [0.4, 0.5) is 5.69 Å². The minimum absolute atomic E-state index is 0.128. The molecule has 1 aromatic heterocycles. The zero-order valence-corrected chi connectivity index (χ0v) is 12.6. The number of carbonyl (C=O) groups excluding carboxylic acids is 1. The standard InChI is InChI=1S/C13H22N4OS/c1-4-6-13(7-5-2,11(14)19)12(18)16-10-8-15-17(3)9-10/h8-9H,4-7H2,1-3H3,(H2,14,19)(H,16,18). The molecule has 5 nitrogen and oxygen atoms in total. The highest BCUT2D eigenvalue weighted by molar-refractivity contribution is 7.80. The molecule has 0 aliphatic rings. The van der Waals surface area contributed by atoms with Crippen molar-refractivity contribution in [3.63, 3.8) is 0 Å². The van der Waals surface area contributed by atoms with Crippen molar-refractivity contribution in [2.24, 2.45) is 18.2 Å². The first-order valence-electron chi connectivity index (χ1n) is 6.56. The van der Waals surface area contributed by atoms with Gasteiger partial charge in [-0.2, -0.15) is 5.10 Å². The molecule has 1 aromatic rings. The fourth-order valence-electron chi connectivity index (χ4n) is 2.30. The first-order valence-corrected chi connectivity index (χ1v) is 6.97. The van der Waals surface area contributed by atoms with Gasteiger partial charge in [-0.25, -0.2) is 0 Å². The Morgan fingerprint density at radius 1 is 1.47 bits per heavy atom. The van der Waals surface area contributed by atoms with Crippen LogP contribution in [-0.2, 0) is 11.8 Å². The zero-order valence-electron chi connectivity index (χ0n) is 11.8. The highest BCUT2D eigenvalue weighted by Gasteiger charge is 2.39. The molecule has 0 aliphatic heterocycles. The average molecular weight is 282 g/mol. The van der Waals surface area contributed by atoms with Crippen LogP contribution in [0.25, 0.3) is 0 Å². The van der Waals surface area contributed by atoms with E-state index in [4.69, 9.17) is 18.0 Å². The lowest BCUT2D eigenvalue weighted by Gasteiger charge is -2.30. The van der Waals surface area contributed by atoms with Crippen LogP contribution < -0.4 is 11.1 Å². The van der Waals surface area contributed by atoms with Crippen LogP contribution >= 0.6 is 12.2 Å². The predicted octanol–water partition coefficient (Wildman–Crippen LogP) is 2.23. The van der Waals surface area contributed by atoms with E-state index >= 15 is 0 Å². The Labute approximate surface area is 119 Å². The third-order valence-electron chi connectivity index (χ3n) is 3.22. The van der Waals surface area contributed by atoms with Crippen LogP contribution in [-0.4, -0.2) is 20.7 Å². The maximum absolute atomic E-state index is 12.5. The summed E-state index contributed by atoms with van der Waals surface area (Å²) in [5.74, 6) is -0.128. The van der Waals surface area contributed by atoms with E-state index in [2.05, 4.69) is 10.4 Å². The van der Waals surface area contributed by atoms with Crippen LogP contribution in [0.5, 0.6) is 0 Å². The first kappa shape index (κ1) is 15.6. The first-order chi connectivity index (χ1) is 8.96. The Kier molecular flexibility index (Phi) is 5.47. The molecule has 0 saturated heterocycles. The van der Waals surface area contributed by atoms with Crippen molar-refractivity contribution in [3.05, 3.63) is 12.4 Å². The molecule has 0 radical (unpaired) electrons. The van der Waals surface area contributed by atoms with Gasteiger partial charge in [-0.05, 0) is 12.8 Å². The van der Waals surface area contributed by atoms with Gasteiger partial charge in [-0.15, -0.1) is 0 Å². The average Bonchev–Trinajstić information content (AvgIpc) is 2.73. The lowest BCUT2D eigenvalue weighted by atomic mass is 9.78. The summed E-state index contributed by atoms with van der Waals surface area (Å²) in [7, 11) is 1.80. The fraction of sp³-hybridized carbons (Fsp3) is 0.615. The van der Waals surface area contributed by atoms with E-state index in [1.54, 1.807) is 24.1 Å². The van der Waals surface area contributed by atoms with Gasteiger partial charge in [-0.1, -0.05) is 38.9 Å². The molecular weight excluding hydrogens is 260 g/mol. The molecule has 0 atom stereocenters. The Balaban J connectivity index is 2.95. The molecule has 1 rings (SSSR count). The van der Waals surface area contributed by atoms with E-state index in [1.165, 1.54) is 0 Å². The number of amides is 1. The summed E-state index contributed by atoms with van der Waals surface area (Å²) >= 11 is 5.15. The molecule has 0 aromatic carbocycles. The molecule has 1 amide bonds. The third kappa shape index (κ3) is 3.53. The van der Waals surface area contributed by atoms with Crippen LogP contribution in [0.3, 0.4) is 0 Å². The summed E-state index contributed by atoms with van der Waals surface area (Å²) in [6.07, 6.45) is 6.42. The van der Waals surface area contributed by atoms with Crippen molar-refractivity contribution >= 4 is 28.8 Å². The summed E-state index contributed by atoms with van der Waals surface area (Å²) in [6, 6.07) is 0. The van der Waals surface area contributed by atoms with E-state index in [9.17, 15) is 4.79 Å². The molecule has 106 valence electrons. The number of nitrogens with zero attached hydrogens (tertiary/aromatic N) is 2. The summed E-state index contributed by atoms with van der Waals surface area (Å²) in [4.78, 5) is 12.8. The third-order valence-corrected chi connectivity index (χ3v) is 3.61. The molecule has 0 unspecified atom stereocenters. The number of aryl methyl sites for hydroxylation is 1. The zero-order chi connectivity index (χ0) is 14.5. The quantitative estimate of drug-likeness (QED) is 0.752. The lowest BCUT2D eigenvalue weighted by molar-refractivity contribution is -0.122. The number of anilines is 1. The van der Waals surface area contributed by atoms with E-state index in [-0.39, 0.29) is 10.9 Å². The minimum atomic E-state index is -0.755. The fourth-order valence-corrected chi connectivity index (χ4v) is 2.60. The SMILES string of the molecule is CCCC(CCC)(C(=O)Nc1cnn(C)c1)C(N)=S. The topological polar surface area (TPSA) is 72.9 Å². The largest absolute Gasteiger partial charge is 0.392 e. The van der Waals surface area contributed by atoms with Gasteiger partial charge in [0.1, 0.15) is 0 Å². The molecule has 1 heterocycles. The van der Waals surface area contributed by atoms with Gasteiger partial charge >= 0.3 is 0 Å².